The Morgan fingerprint density at radius 1 is 1.14 bits per heavy atom. The van der Waals surface area contributed by atoms with Crippen LogP contribution in [0, 0.1) is 6.92 Å². The van der Waals surface area contributed by atoms with Gasteiger partial charge < -0.3 is 10.1 Å². The maximum Gasteiger partial charge on any atom is 0.0753 e. The molecule has 2 heterocycles. The van der Waals surface area contributed by atoms with Gasteiger partial charge in [-0.25, -0.2) is 0 Å². The number of aromatic nitrogens is 1. The van der Waals surface area contributed by atoms with Gasteiger partial charge in [-0.2, -0.15) is 0 Å². The van der Waals surface area contributed by atoms with Crippen molar-refractivity contribution in [1.82, 2.24) is 10.3 Å². The lowest BCUT2D eigenvalue weighted by Gasteiger charge is -2.29. The zero-order valence-electron chi connectivity index (χ0n) is 12.5. The molecule has 0 radical (unpaired) electrons. The molecule has 1 aromatic heterocycles. The smallest absolute Gasteiger partial charge is 0.0753 e. The van der Waals surface area contributed by atoms with Crippen molar-refractivity contribution in [3.05, 3.63) is 65.5 Å². The number of aryl methyl sites for hydroxylation is 1. The van der Waals surface area contributed by atoms with E-state index in [0.717, 1.165) is 31.7 Å². The molecule has 110 valence electrons. The average molecular weight is 282 g/mol. The SMILES string of the molecule is Cc1cccc([C@H](NC2CCOCC2)c2ccccn2)c1. The molecule has 3 rings (SSSR count). The summed E-state index contributed by atoms with van der Waals surface area (Å²) in [5.74, 6) is 0. The minimum absolute atomic E-state index is 0.147. The second-order valence-corrected chi connectivity index (χ2v) is 5.66. The fourth-order valence-electron chi connectivity index (χ4n) is 2.85. The van der Waals surface area contributed by atoms with E-state index in [0.29, 0.717) is 6.04 Å². The number of nitrogens with zero attached hydrogens (tertiary/aromatic N) is 1. The van der Waals surface area contributed by atoms with E-state index < -0.39 is 0 Å². The molecule has 3 heteroatoms. The number of nitrogens with one attached hydrogen (secondary N) is 1. The van der Waals surface area contributed by atoms with Gasteiger partial charge in [-0.15, -0.1) is 0 Å². The fourth-order valence-corrected chi connectivity index (χ4v) is 2.85. The third kappa shape index (κ3) is 3.69. The molecule has 1 aliphatic rings. The molecule has 0 spiro atoms. The molecule has 0 saturated carbocycles. The van der Waals surface area contributed by atoms with Crippen LogP contribution in [0.2, 0.25) is 0 Å². The first kappa shape index (κ1) is 14.2. The first-order valence-corrected chi connectivity index (χ1v) is 7.64. The number of rotatable bonds is 4. The van der Waals surface area contributed by atoms with Crippen molar-refractivity contribution in [3.63, 3.8) is 0 Å². The highest BCUT2D eigenvalue weighted by Gasteiger charge is 2.21. The Morgan fingerprint density at radius 3 is 2.71 bits per heavy atom. The van der Waals surface area contributed by atoms with E-state index in [9.17, 15) is 0 Å². The lowest BCUT2D eigenvalue weighted by atomic mass is 9.98. The zero-order chi connectivity index (χ0) is 14.5. The highest BCUT2D eigenvalue weighted by atomic mass is 16.5. The molecule has 0 aliphatic carbocycles. The van der Waals surface area contributed by atoms with Crippen molar-refractivity contribution in [3.8, 4) is 0 Å². The van der Waals surface area contributed by atoms with Crippen molar-refractivity contribution >= 4 is 0 Å². The summed E-state index contributed by atoms with van der Waals surface area (Å²) in [6.45, 7) is 3.83. The van der Waals surface area contributed by atoms with E-state index in [1.165, 1.54) is 11.1 Å². The van der Waals surface area contributed by atoms with Crippen LogP contribution in [0.4, 0.5) is 0 Å². The number of benzene rings is 1. The van der Waals surface area contributed by atoms with E-state index in [2.05, 4.69) is 53.6 Å². The molecule has 21 heavy (non-hydrogen) atoms. The molecule has 0 amide bonds. The normalized spacial score (nSPS) is 17.6. The van der Waals surface area contributed by atoms with Crippen LogP contribution in [0.5, 0.6) is 0 Å². The van der Waals surface area contributed by atoms with Gasteiger partial charge in [-0.1, -0.05) is 35.9 Å². The summed E-state index contributed by atoms with van der Waals surface area (Å²) in [6.07, 6.45) is 3.99. The molecule has 0 unspecified atom stereocenters. The summed E-state index contributed by atoms with van der Waals surface area (Å²) < 4.78 is 5.46. The van der Waals surface area contributed by atoms with Crippen LogP contribution in [-0.4, -0.2) is 24.2 Å². The largest absolute Gasteiger partial charge is 0.381 e. The van der Waals surface area contributed by atoms with Gasteiger partial charge in [0.05, 0.1) is 11.7 Å². The molecule has 2 aromatic rings. The molecule has 1 fully saturated rings. The van der Waals surface area contributed by atoms with E-state index in [1.54, 1.807) is 0 Å². The summed E-state index contributed by atoms with van der Waals surface area (Å²) in [6, 6.07) is 15.4. The molecule has 3 nitrogen and oxygen atoms in total. The minimum Gasteiger partial charge on any atom is -0.381 e. The summed E-state index contributed by atoms with van der Waals surface area (Å²) in [5.41, 5.74) is 3.64. The quantitative estimate of drug-likeness (QED) is 0.934. The van der Waals surface area contributed by atoms with Crippen LogP contribution in [0.15, 0.2) is 48.7 Å². The van der Waals surface area contributed by atoms with Gasteiger partial charge in [0.1, 0.15) is 0 Å². The summed E-state index contributed by atoms with van der Waals surface area (Å²) in [5, 5.41) is 3.77. The summed E-state index contributed by atoms with van der Waals surface area (Å²) in [4.78, 5) is 4.56. The predicted molar refractivity (Wildman–Crippen MR) is 84.2 cm³/mol. The van der Waals surface area contributed by atoms with E-state index in [-0.39, 0.29) is 6.04 Å². The summed E-state index contributed by atoms with van der Waals surface area (Å²) in [7, 11) is 0. The van der Waals surface area contributed by atoms with Crippen molar-refractivity contribution in [2.75, 3.05) is 13.2 Å². The maximum absolute atomic E-state index is 5.46. The van der Waals surface area contributed by atoms with Crippen molar-refractivity contribution in [1.29, 1.82) is 0 Å². The van der Waals surface area contributed by atoms with Crippen molar-refractivity contribution < 1.29 is 4.74 Å². The highest BCUT2D eigenvalue weighted by molar-refractivity contribution is 5.31. The Labute approximate surface area is 126 Å². The van der Waals surface area contributed by atoms with Crippen LogP contribution in [0.25, 0.3) is 0 Å². The van der Waals surface area contributed by atoms with Crippen LogP contribution < -0.4 is 5.32 Å². The number of ether oxygens (including phenoxy) is 1. The van der Waals surface area contributed by atoms with Crippen LogP contribution in [0.3, 0.4) is 0 Å². The molecule has 1 atom stereocenters. The number of hydrogen-bond donors (Lipinski definition) is 1. The Balaban J connectivity index is 1.87. The third-order valence-corrected chi connectivity index (χ3v) is 3.98. The predicted octanol–water partition coefficient (Wildman–Crippen LogP) is 3.25. The first-order valence-electron chi connectivity index (χ1n) is 7.64. The molecular weight excluding hydrogens is 260 g/mol. The Kier molecular flexibility index (Phi) is 4.63. The molecule has 1 saturated heterocycles. The van der Waals surface area contributed by atoms with Gasteiger partial charge >= 0.3 is 0 Å². The second kappa shape index (κ2) is 6.83. The molecule has 1 N–H and O–H groups in total. The van der Waals surface area contributed by atoms with Gasteiger partial charge in [0, 0.05) is 25.5 Å². The minimum atomic E-state index is 0.147. The third-order valence-electron chi connectivity index (χ3n) is 3.98. The standard InChI is InChI=1S/C18H22N2O/c1-14-5-4-6-15(13-14)18(17-7-2-3-10-19-17)20-16-8-11-21-12-9-16/h2-7,10,13,16,18,20H,8-9,11-12H2,1H3/t18-/m0/s1. The maximum atomic E-state index is 5.46. The molecule has 1 aromatic carbocycles. The highest BCUT2D eigenvalue weighted by Crippen LogP contribution is 2.23. The first-order chi connectivity index (χ1) is 10.3. The fraction of sp³-hybridized carbons (Fsp3) is 0.389. The zero-order valence-corrected chi connectivity index (χ0v) is 12.5. The van der Waals surface area contributed by atoms with Gasteiger partial charge in [-0.05, 0) is 37.5 Å². The van der Waals surface area contributed by atoms with E-state index in [4.69, 9.17) is 4.74 Å². The molecule has 0 bridgehead atoms. The number of pyridine rings is 1. The average Bonchev–Trinajstić information content (AvgIpc) is 2.54. The van der Waals surface area contributed by atoms with Crippen LogP contribution >= 0.6 is 0 Å². The molecular formula is C18H22N2O. The van der Waals surface area contributed by atoms with E-state index >= 15 is 0 Å². The van der Waals surface area contributed by atoms with Crippen molar-refractivity contribution in [2.24, 2.45) is 0 Å². The Bertz CT molecular complexity index is 564. The second-order valence-electron chi connectivity index (χ2n) is 5.66. The van der Waals surface area contributed by atoms with E-state index in [1.807, 2.05) is 12.3 Å². The topological polar surface area (TPSA) is 34.1 Å². The van der Waals surface area contributed by atoms with Gasteiger partial charge in [0.15, 0.2) is 0 Å². The Morgan fingerprint density at radius 2 is 2.00 bits per heavy atom. The Hall–Kier alpha value is -1.71. The van der Waals surface area contributed by atoms with Crippen LogP contribution in [-0.2, 0) is 4.74 Å². The van der Waals surface area contributed by atoms with Gasteiger partial charge in [0.25, 0.3) is 0 Å². The number of hydrogen-bond acceptors (Lipinski definition) is 3. The molecule has 1 aliphatic heterocycles. The monoisotopic (exact) mass is 282 g/mol. The lowest BCUT2D eigenvalue weighted by molar-refractivity contribution is 0.0759. The van der Waals surface area contributed by atoms with Crippen LogP contribution in [0.1, 0.15) is 35.7 Å². The van der Waals surface area contributed by atoms with Gasteiger partial charge in [0.2, 0.25) is 0 Å². The lowest BCUT2D eigenvalue weighted by Crippen LogP contribution is -2.38. The summed E-state index contributed by atoms with van der Waals surface area (Å²) >= 11 is 0. The van der Waals surface area contributed by atoms with Gasteiger partial charge in [-0.3, -0.25) is 4.98 Å². The van der Waals surface area contributed by atoms with Crippen molar-refractivity contribution in [2.45, 2.75) is 31.8 Å².